The quantitative estimate of drug-likeness (QED) is 0.813. The van der Waals surface area contributed by atoms with Crippen molar-refractivity contribution in [2.75, 3.05) is 5.32 Å². The number of rotatable bonds is 3. The fourth-order valence-electron chi connectivity index (χ4n) is 2.60. The van der Waals surface area contributed by atoms with Gasteiger partial charge in [0.25, 0.3) is 0 Å². The van der Waals surface area contributed by atoms with Gasteiger partial charge in [-0.15, -0.1) is 0 Å². The van der Waals surface area contributed by atoms with E-state index in [2.05, 4.69) is 12.2 Å². The van der Waals surface area contributed by atoms with E-state index in [0.29, 0.717) is 6.04 Å². The fraction of sp³-hybridized carbons (Fsp3) is 0.571. The smallest absolute Gasteiger partial charge is 0.141 e. The predicted octanol–water partition coefficient (Wildman–Crippen LogP) is 4.86. The van der Waals surface area contributed by atoms with E-state index in [1.54, 1.807) is 12.1 Å². The summed E-state index contributed by atoms with van der Waals surface area (Å²) in [6.45, 7) is 2.20. The van der Waals surface area contributed by atoms with Crippen LogP contribution in [0.5, 0.6) is 0 Å². The minimum Gasteiger partial charge on any atom is -0.382 e. The molecule has 0 radical (unpaired) electrons. The molecule has 1 nitrogen and oxygen atoms in total. The van der Waals surface area contributed by atoms with E-state index in [1.807, 2.05) is 0 Å². The number of nitrogens with one attached hydrogen (secondary N) is 1. The highest BCUT2D eigenvalue weighted by Gasteiger charge is 2.19. The Bertz CT molecular complexity index is 374. The first kappa shape index (κ1) is 12.7. The van der Waals surface area contributed by atoms with Crippen LogP contribution in [0.2, 0.25) is 5.02 Å². The predicted molar refractivity (Wildman–Crippen MR) is 71.1 cm³/mol. The summed E-state index contributed by atoms with van der Waals surface area (Å²) in [5.74, 6) is 0.370. The Kier molecular flexibility index (Phi) is 4.27. The van der Waals surface area contributed by atoms with Crippen LogP contribution >= 0.6 is 11.6 Å². The van der Waals surface area contributed by atoms with Gasteiger partial charge in [0.15, 0.2) is 0 Å². The number of benzene rings is 1. The van der Waals surface area contributed by atoms with Crippen LogP contribution in [0, 0.1) is 11.7 Å². The van der Waals surface area contributed by atoms with Crippen LogP contribution in [0.4, 0.5) is 10.1 Å². The van der Waals surface area contributed by atoms with Gasteiger partial charge in [0.1, 0.15) is 5.82 Å². The minimum atomic E-state index is -0.359. The van der Waals surface area contributed by atoms with Gasteiger partial charge in [-0.1, -0.05) is 30.9 Å². The molecule has 0 aromatic heterocycles. The summed E-state index contributed by atoms with van der Waals surface area (Å²) < 4.78 is 13.0. The summed E-state index contributed by atoms with van der Waals surface area (Å²) in [7, 11) is 0. The molecule has 1 N–H and O–H groups in total. The van der Waals surface area contributed by atoms with E-state index in [1.165, 1.54) is 38.2 Å². The standard InChI is InChI=1S/C14H19ClFN/c1-10(11-5-3-2-4-6-11)17-12-7-8-14(16)13(15)9-12/h7-11,17H,2-6H2,1H3. The number of anilines is 1. The fourth-order valence-corrected chi connectivity index (χ4v) is 2.78. The molecule has 17 heavy (non-hydrogen) atoms. The van der Waals surface area contributed by atoms with Gasteiger partial charge in [-0.25, -0.2) is 4.39 Å². The third-order valence-corrected chi connectivity index (χ3v) is 3.96. The van der Waals surface area contributed by atoms with Gasteiger partial charge < -0.3 is 5.32 Å². The maximum Gasteiger partial charge on any atom is 0.141 e. The van der Waals surface area contributed by atoms with Crippen LogP contribution in [0.3, 0.4) is 0 Å². The van der Waals surface area contributed by atoms with Crippen molar-refractivity contribution in [2.24, 2.45) is 5.92 Å². The van der Waals surface area contributed by atoms with E-state index < -0.39 is 0 Å². The molecular weight excluding hydrogens is 237 g/mol. The third-order valence-electron chi connectivity index (χ3n) is 3.67. The summed E-state index contributed by atoms with van der Waals surface area (Å²) in [6.07, 6.45) is 6.62. The highest BCUT2D eigenvalue weighted by atomic mass is 35.5. The van der Waals surface area contributed by atoms with Crippen molar-refractivity contribution in [1.82, 2.24) is 0 Å². The van der Waals surface area contributed by atoms with Crippen LogP contribution in [0.25, 0.3) is 0 Å². The van der Waals surface area contributed by atoms with Crippen molar-refractivity contribution in [3.63, 3.8) is 0 Å². The van der Waals surface area contributed by atoms with Crippen molar-refractivity contribution in [2.45, 2.75) is 45.1 Å². The van der Waals surface area contributed by atoms with Gasteiger partial charge in [0.05, 0.1) is 5.02 Å². The number of halogens is 2. The molecule has 1 aromatic rings. The van der Waals surface area contributed by atoms with E-state index in [4.69, 9.17) is 11.6 Å². The molecule has 94 valence electrons. The Hall–Kier alpha value is -0.760. The zero-order valence-corrected chi connectivity index (χ0v) is 10.9. The molecule has 0 bridgehead atoms. The lowest BCUT2D eigenvalue weighted by atomic mass is 9.84. The SMILES string of the molecule is CC(Nc1ccc(F)c(Cl)c1)C1CCCCC1. The molecule has 0 aliphatic heterocycles. The Morgan fingerprint density at radius 3 is 2.65 bits per heavy atom. The summed E-state index contributed by atoms with van der Waals surface area (Å²) in [5, 5.41) is 3.61. The second-order valence-electron chi connectivity index (χ2n) is 4.96. The highest BCUT2D eigenvalue weighted by Crippen LogP contribution is 2.28. The minimum absolute atomic E-state index is 0.186. The molecule has 0 spiro atoms. The molecule has 1 fully saturated rings. The second-order valence-corrected chi connectivity index (χ2v) is 5.37. The van der Waals surface area contributed by atoms with Crippen molar-refractivity contribution < 1.29 is 4.39 Å². The lowest BCUT2D eigenvalue weighted by Gasteiger charge is -2.29. The summed E-state index contributed by atoms with van der Waals surface area (Å²) in [6, 6.07) is 5.26. The van der Waals surface area contributed by atoms with Gasteiger partial charge in [-0.05, 0) is 43.9 Å². The summed E-state index contributed by atoms with van der Waals surface area (Å²) in [5.41, 5.74) is 0.912. The molecule has 1 aliphatic rings. The van der Waals surface area contributed by atoms with Gasteiger partial charge in [0.2, 0.25) is 0 Å². The molecule has 3 heteroatoms. The molecule has 1 aliphatic carbocycles. The first-order valence-corrected chi connectivity index (χ1v) is 6.76. The Morgan fingerprint density at radius 2 is 2.00 bits per heavy atom. The van der Waals surface area contributed by atoms with E-state index in [9.17, 15) is 4.39 Å². The van der Waals surface area contributed by atoms with Crippen LogP contribution in [0.15, 0.2) is 18.2 Å². The molecule has 2 rings (SSSR count). The molecule has 0 saturated heterocycles. The van der Waals surface area contributed by atoms with Crippen molar-refractivity contribution in [1.29, 1.82) is 0 Å². The van der Waals surface area contributed by atoms with Crippen molar-refractivity contribution in [3.8, 4) is 0 Å². The van der Waals surface area contributed by atoms with Crippen LogP contribution in [-0.4, -0.2) is 6.04 Å². The molecule has 1 atom stereocenters. The monoisotopic (exact) mass is 255 g/mol. The number of hydrogen-bond donors (Lipinski definition) is 1. The molecular formula is C14H19ClFN. The first-order valence-electron chi connectivity index (χ1n) is 6.38. The van der Waals surface area contributed by atoms with Gasteiger partial charge in [-0.3, -0.25) is 0 Å². The number of hydrogen-bond acceptors (Lipinski definition) is 1. The van der Waals surface area contributed by atoms with Crippen molar-refractivity contribution in [3.05, 3.63) is 29.0 Å². The average Bonchev–Trinajstić information content (AvgIpc) is 2.35. The van der Waals surface area contributed by atoms with Gasteiger partial charge in [-0.2, -0.15) is 0 Å². The Balaban J connectivity index is 1.96. The molecule has 0 amide bonds. The third kappa shape index (κ3) is 3.35. The van der Waals surface area contributed by atoms with E-state index in [-0.39, 0.29) is 10.8 Å². The van der Waals surface area contributed by atoms with E-state index in [0.717, 1.165) is 11.6 Å². The average molecular weight is 256 g/mol. The van der Waals surface area contributed by atoms with Crippen molar-refractivity contribution >= 4 is 17.3 Å². The molecule has 0 heterocycles. The zero-order chi connectivity index (χ0) is 12.3. The maximum absolute atomic E-state index is 13.0. The summed E-state index contributed by atoms with van der Waals surface area (Å²) >= 11 is 5.77. The normalized spacial score (nSPS) is 19.0. The van der Waals surface area contributed by atoms with Crippen LogP contribution in [0.1, 0.15) is 39.0 Å². The van der Waals surface area contributed by atoms with Gasteiger partial charge >= 0.3 is 0 Å². The molecule has 1 saturated carbocycles. The molecule has 1 aromatic carbocycles. The lowest BCUT2D eigenvalue weighted by Crippen LogP contribution is -2.27. The molecule has 1 unspecified atom stereocenters. The highest BCUT2D eigenvalue weighted by molar-refractivity contribution is 6.31. The van der Waals surface area contributed by atoms with Crippen LogP contribution < -0.4 is 5.32 Å². The second kappa shape index (κ2) is 5.72. The Morgan fingerprint density at radius 1 is 1.29 bits per heavy atom. The maximum atomic E-state index is 13.0. The van der Waals surface area contributed by atoms with Crippen LogP contribution in [-0.2, 0) is 0 Å². The Labute approximate surface area is 107 Å². The first-order chi connectivity index (χ1) is 8.16. The summed E-state index contributed by atoms with van der Waals surface area (Å²) in [4.78, 5) is 0. The zero-order valence-electron chi connectivity index (χ0n) is 10.2. The topological polar surface area (TPSA) is 12.0 Å². The van der Waals surface area contributed by atoms with E-state index >= 15 is 0 Å². The lowest BCUT2D eigenvalue weighted by molar-refractivity contribution is 0.328. The largest absolute Gasteiger partial charge is 0.382 e. The van der Waals surface area contributed by atoms with Gasteiger partial charge in [0, 0.05) is 11.7 Å².